The van der Waals surface area contributed by atoms with Gasteiger partial charge in [0.25, 0.3) is 5.91 Å². The number of hydrogen-bond donors (Lipinski definition) is 1. The molecule has 0 heterocycles. The fraction of sp³-hybridized carbons (Fsp3) is 0.235. The molecule has 0 aliphatic rings. The summed E-state index contributed by atoms with van der Waals surface area (Å²) < 4.78 is 0. The van der Waals surface area contributed by atoms with E-state index in [1.54, 1.807) is 19.0 Å². The predicted octanol–water partition coefficient (Wildman–Crippen LogP) is 3.96. The Morgan fingerprint density at radius 3 is 2.57 bits per heavy atom. The van der Waals surface area contributed by atoms with E-state index in [1.807, 2.05) is 49.4 Å². The zero-order valence-corrected chi connectivity index (χ0v) is 13.2. The second-order valence-electron chi connectivity index (χ2n) is 5.17. The van der Waals surface area contributed by atoms with Crippen molar-refractivity contribution in [2.45, 2.75) is 13.5 Å². The number of nitrogens with one attached hydrogen (secondary N) is 1. The molecule has 21 heavy (non-hydrogen) atoms. The minimum absolute atomic E-state index is 0.00389. The van der Waals surface area contributed by atoms with Gasteiger partial charge in [-0.05, 0) is 36.2 Å². The molecule has 0 aromatic heterocycles. The van der Waals surface area contributed by atoms with Crippen molar-refractivity contribution in [3.8, 4) is 0 Å². The van der Waals surface area contributed by atoms with Crippen molar-refractivity contribution in [3.63, 3.8) is 0 Å². The number of rotatable bonds is 4. The van der Waals surface area contributed by atoms with Gasteiger partial charge in [-0.3, -0.25) is 4.79 Å². The zero-order valence-electron chi connectivity index (χ0n) is 12.5. The number of carbonyl (C=O) groups is 1. The van der Waals surface area contributed by atoms with Gasteiger partial charge >= 0.3 is 0 Å². The summed E-state index contributed by atoms with van der Waals surface area (Å²) in [4.78, 5) is 13.6. The zero-order chi connectivity index (χ0) is 15.4. The number of benzene rings is 2. The van der Waals surface area contributed by atoms with Crippen LogP contribution in [0.3, 0.4) is 0 Å². The van der Waals surface area contributed by atoms with E-state index in [2.05, 4.69) is 5.32 Å². The van der Waals surface area contributed by atoms with Crippen molar-refractivity contribution in [2.24, 2.45) is 0 Å². The summed E-state index contributed by atoms with van der Waals surface area (Å²) in [7, 11) is 3.50. The van der Waals surface area contributed by atoms with Gasteiger partial charge in [0, 0.05) is 36.9 Å². The van der Waals surface area contributed by atoms with Gasteiger partial charge in [-0.1, -0.05) is 35.9 Å². The first kappa shape index (κ1) is 15.4. The summed E-state index contributed by atoms with van der Waals surface area (Å²) in [6.45, 7) is 2.64. The highest BCUT2D eigenvalue weighted by Gasteiger charge is 2.10. The second-order valence-corrected chi connectivity index (χ2v) is 5.58. The summed E-state index contributed by atoms with van der Waals surface area (Å²) in [6.07, 6.45) is 0. The van der Waals surface area contributed by atoms with Crippen LogP contribution in [0.4, 0.5) is 5.69 Å². The molecule has 1 N–H and O–H groups in total. The fourth-order valence-electron chi connectivity index (χ4n) is 2.04. The van der Waals surface area contributed by atoms with Crippen LogP contribution in [-0.2, 0) is 6.54 Å². The minimum atomic E-state index is -0.00389. The van der Waals surface area contributed by atoms with Crippen LogP contribution in [0, 0.1) is 6.92 Å². The van der Waals surface area contributed by atoms with Gasteiger partial charge in [0.15, 0.2) is 0 Å². The summed E-state index contributed by atoms with van der Waals surface area (Å²) in [5.74, 6) is -0.00389. The van der Waals surface area contributed by atoms with Crippen LogP contribution in [-0.4, -0.2) is 24.9 Å². The van der Waals surface area contributed by atoms with Crippen LogP contribution in [0.5, 0.6) is 0 Å². The lowest BCUT2D eigenvalue weighted by Gasteiger charge is -2.14. The molecule has 0 radical (unpaired) electrons. The van der Waals surface area contributed by atoms with E-state index in [1.165, 1.54) is 0 Å². The van der Waals surface area contributed by atoms with Crippen molar-refractivity contribution in [1.82, 2.24) is 4.90 Å². The van der Waals surface area contributed by atoms with E-state index in [-0.39, 0.29) is 5.91 Å². The Hall–Kier alpha value is -2.00. The Bertz CT molecular complexity index is 653. The maximum atomic E-state index is 12.0. The summed E-state index contributed by atoms with van der Waals surface area (Å²) >= 11 is 6.15. The van der Waals surface area contributed by atoms with Crippen molar-refractivity contribution in [1.29, 1.82) is 0 Å². The first-order chi connectivity index (χ1) is 9.99. The molecule has 0 aliphatic carbocycles. The van der Waals surface area contributed by atoms with Crippen molar-refractivity contribution < 1.29 is 4.79 Å². The molecule has 1 amide bonds. The van der Waals surface area contributed by atoms with Gasteiger partial charge in [0.1, 0.15) is 0 Å². The van der Waals surface area contributed by atoms with E-state index in [0.717, 1.165) is 21.8 Å². The molecule has 0 fully saturated rings. The molecule has 4 heteroatoms. The van der Waals surface area contributed by atoms with Crippen LogP contribution < -0.4 is 5.32 Å². The average molecular weight is 303 g/mol. The number of halogens is 1. The molecule has 110 valence electrons. The van der Waals surface area contributed by atoms with E-state index in [9.17, 15) is 4.79 Å². The Labute approximate surface area is 130 Å². The molecule has 2 aromatic carbocycles. The van der Waals surface area contributed by atoms with Gasteiger partial charge in [0.2, 0.25) is 0 Å². The Balaban J connectivity index is 2.18. The van der Waals surface area contributed by atoms with Crippen molar-refractivity contribution >= 4 is 23.2 Å². The van der Waals surface area contributed by atoms with E-state index >= 15 is 0 Å². The molecule has 0 saturated carbocycles. The summed E-state index contributed by atoms with van der Waals surface area (Å²) in [6, 6.07) is 13.4. The van der Waals surface area contributed by atoms with Crippen LogP contribution in [0.1, 0.15) is 21.5 Å². The van der Waals surface area contributed by atoms with E-state index in [0.29, 0.717) is 12.1 Å². The maximum Gasteiger partial charge on any atom is 0.253 e. The quantitative estimate of drug-likeness (QED) is 0.927. The van der Waals surface area contributed by atoms with Crippen LogP contribution in [0.15, 0.2) is 42.5 Å². The standard InChI is InChI=1S/C17H19ClN2O/c1-12-8-9-13(17(21)20(2)3)10-16(12)19-11-14-6-4-5-7-15(14)18/h4-10,19H,11H2,1-3H3. The molecule has 0 saturated heterocycles. The molecule has 2 rings (SSSR count). The number of nitrogens with zero attached hydrogens (tertiary/aromatic N) is 1. The fourth-order valence-corrected chi connectivity index (χ4v) is 2.24. The number of aryl methyl sites for hydroxylation is 1. The average Bonchev–Trinajstić information content (AvgIpc) is 2.47. The second kappa shape index (κ2) is 6.64. The number of hydrogen-bond acceptors (Lipinski definition) is 2. The first-order valence-corrected chi connectivity index (χ1v) is 7.16. The van der Waals surface area contributed by atoms with Gasteiger partial charge in [-0.15, -0.1) is 0 Å². The molecular formula is C17H19ClN2O. The number of carbonyl (C=O) groups excluding carboxylic acids is 1. The van der Waals surface area contributed by atoms with Gasteiger partial charge < -0.3 is 10.2 Å². The van der Waals surface area contributed by atoms with Crippen molar-refractivity contribution in [2.75, 3.05) is 19.4 Å². The highest BCUT2D eigenvalue weighted by Crippen LogP contribution is 2.21. The maximum absolute atomic E-state index is 12.0. The molecule has 0 aliphatic heterocycles. The summed E-state index contributed by atoms with van der Waals surface area (Å²) in [5, 5.41) is 4.09. The summed E-state index contributed by atoms with van der Waals surface area (Å²) in [5.41, 5.74) is 3.75. The lowest BCUT2D eigenvalue weighted by molar-refractivity contribution is 0.0827. The molecule has 0 bridgehead atoms. The molecular weight excluding hydrogens is 284 g/mol. The van der Waals surface area contributed by atoms with Crippen LogP contribution >= 0.6 is 11.6 Å². The normalized spacial score (nSPS) is 10.3. The van der Waals surface area contributed by atoms with Gasteiger partial charge in [-0.2, -0.15) is 0 Å². The van der Waals surface area contributed by atoms with Crippen LogP contribution in [0.25, 0.3) is 0 Å². The third-order valence-electron chi connectivity index (χ3n) is 3.32. The highest BCUT2D eigenvalue weighted by atomic mass is 35.5. The number of amides is 1. The topological polar surface area (TPSA) is 32.3 Å². The Morgan fingerprint density at radius 1 is 1.19 bits per heavy atom. The Morgan fingerprint density at radius 2 is 1.90 bits per heavy atom. The van der Waals surface area contributed by atoms with E-state index in [4.69, 9.17) is 11.6 Å². The first-order valence-electron chi connectivity index (χ1n) is 6.78. The molecule has 3 nitrogen and oxygen atoms in total. The lowest BCUT2D eigenvalue weighted by atomic mass is 10.1. The van der Waals surface area contributed by atoms with Crippen molar-refractivity contribution in [3.05, 3.63) is 64.2 Å². The van der Waals surface area contributed by atoms with Gasteiger partial charge in [0.05, 0.1) is 0 Å². The van der Waals surface area contributed by atoms with E-state index < -0.39 is 0 Å². The molecule has 0 spiro atoms. The third-order valence-corrected chi connectivity index (χ3v) is 3.69. The molecule has 2 aromatic rings. The third kappa shape index (κ3) is 3.76. The van der Waals surface area contributed by atoms with Crippen LogP contribution in [0.2, 0.25) is 5.02 Å². The minimum Gasteiger partial charge on any atom is -0.381 e. The smallest absolute Gasteiger partial charge is 0.253 e. The largest absolute Gasteiger partial charge is 0.381 e. The SMILES string of the molecule is Cc1ccc(C(=O)N(C)C)cc1NCc1ccccc1Cl. The Kier molecular flexibility index (Phi) is 4.86. The number of anilines is 1. The lowest BCUT2D eigenvalue weighted by Crippen LogP contribution is -2.21. The molecule has 0 unspecified atom stereocenters. The highest BCUT2D eigenvalue weighted by molar-refractivity contribution is 6.31. The van der Waals surface area contributed by atoms with Gasteiger partial charge in [-0.25, -0.2) is 0 Å². The molecule has 0 atom stereocenters. The predicted molar refractivity (Wildman–Crippen MR) is 88.0 cm³/mol. The monoisotopic (exact) mass is 302 g/mol.